The highest BCUT2D eigenvalue weighted by molar-refractivity contribution is 7.14. The number of carbonyl (C=O) groups excluding carboxylic acids is 2. The number of thiazole rings is 1. The van der Waals surface area contributed by atoms with Crippen molar-refractivity contribution in [3.05, 3.63) is 33.5 Å². The van der Waals surface area contributed by atoms with Crippen molar-refractivity contribution in [3.8, 4) is 0 Å². The Morgan fingerprint density at radius 1 is 1.25 bits per heavy atom. The summed E-state index contributed by atoms with van der Waals surface area (Å²) in [5, 5.41) is 6.47. The van der Waals surface area contributed by atoms with Gasteiger partial charge in [-0.25, -0.2) is 4.98 Å². The molecule has 2 aromatic heterocycles. The van der Waals surface area contributed by atoms with E-state index in [4.69, 9.17) is 4.74 Å². The van der Waals surface area contributed by atoms with Crippen LogP contribution in [0.3, 0.4) is 0 Å². The fourth-order valence-corrected chi connectivity index (χ4v) is 3.78. The van der Waals surface area contributed by atoms with Gasteiger partial charge in [-0.3, -0.25) is 20.4 Å². The van der Waals surface area contributed by atoms with Crippen LogP contribution in [0.25, 0.3) is 0 Å². The zero-order chi connectivity index (χ0) is 16.8. The minimum Gasteiger partial charge on any atom is -0.378 e. The van der Waals surface area contributed by atoms with Crippen molar-refractivity contribution in [2.24, 2.45) is 0 Å². The normalized spacial score (nSPS) is 14.4. The molecule has 24 heavy (non-hydrogen) atoms. The summed E-state index contributed by atoms with van der Waals surface area (Å²) in [6, 6.07) is 1.99. The number of amides is 2. The van der Waals surface area contributed by atoms with Crippen LogP contribution in [0.1, 0.15) is 22.5 Å². The summed E-state index contributed by atoms with van der Waals surface area (Å²) in [5.74, 6) is -0.632. The first-order valence-electron chi connectivity index (χ1n) is 7.61. The van der Waals surface area contributed by atoms with Gasteiger partial charge in [0.15, 0.2) is 5.13 Å². The van der Waals surface area contributed by atoms with Gasteiger partial charge in [0.1, 0.15) is 5.69 Å². The number of hydrogen-bond donors (Lipinski definition) is 2. The minimum atomic E-state index is -0.408. The molecule has 7 nitrogen and oxygen atoms in total. The summed E-state index contributed by atoms with van der Waals surface area (Å²) in [6.07, 6.45) is 0.982. The number of anilines is 1. The van der Waals surface area contributed by atoms with Crippen LogP contribution in [0, 0.1) is 0 Å². The van der Waals surface area contributed by atoms with Crippen molar-refractivity contribution in [2.75, 3.05) is 31.2 Å². The van der Waals surface area contributed by atoms with Crippen LogP contribution in [0.5, 0.6) is 0 Å². The molecule has 9 heteroatoms. The average Bonchev–Trinajstić information content (AvgIpc) is 3.30. The highest BCUT2D eigenvalue weighted by atomic mass is 32.1. The fourth-order valence-electron chi connectivity index (χ4n) is 2.21. The molecule has 1 fully saturated rings. The van der Waals surface area contributed by atoms with Crippen LogP contribution >= 0.6 is 22.7 Å². The van der Waals surface area contributed by atoms with Crippen LogP contribution in [0.2, 0.25) is 0 Å². The molecule has 0 unspecified atom stereocenters. The average molecular weight is 366 g/mol. The Bertz CT molecular complexity index is 681. The Labute approximate surface area is 147 Å². The molecule has 0 spiro atoms. The third kappa shape index (κ3) is 4.53. The molecule has 0 aliphatic carbocycles. The molecule has 1 aliphatic heterocycles. The van der Waals surface area contributed by atoms with Crippen molar-refractivity contribution < 1.29 is 14.3 Å². The van der Waals surface area contributed by atoms with E-state index in [-0.39, 0.29) is 5.91 Å². The largest absolute Gasteiger partial charge is 0.378 e. The molecule has 0 atom stereocenters. The first kappa shape index (κ1) is 16.9. The number of morpholine rings is 1. The van der Waals surface area contributed by atoms with E-state index >= 15 is 0 Å². The molecule has 128 valence electrons. The second-order valence-corrected chi connectivity index (χ2v) is 6.87. The molecule has 3 heterocycles. The lowest BCUT2D eigenvalue weighted by Crippen LogP contribution is -2.42. The molecular formula is C15H18N4O3S2. The number of thiophene rings is 1. The van der Waals surface area contributed by atoms with E-state index in [1.54, 1.807) is 16.7 Å². The van der Waals surface area contributed by atoms with E-state index in [9.17, 15) is 9.59 Å². The first-order valence-corrected chi connectivity index (χ1v) is 9.43. The summed E-state index contributed by atoms with van der Waals surface area (Å²) in [6.45, 7) is 2.88. The number of ether oxygens (including phenoxy) is 1. The number of nitrogens with one attached hydrogen (secondary N) is 2. The molecule has 0 bridgehead atoms. The van der Waals surface area contributed by atoms with Gasteiger partial charge in [-0.05, 0) is 28.8 Å². The smallest absolute Gasteiger partial charge is 0.289 e. The first-order chi connectivity index (χ1) is 11.7. The van der Waals surface area contributed by atoms with Crippen molar-refractivity contribution in [2.45, 2.75) is 12.8 Å². The van der Waals surface area contributed by atoms with E-state index < -0.39 is 5.91 Å². The Hall–Kier alpha value is -1.97. The van der Waals surface area contributed by atoms with Crippen molar-refractivity contribution in [3.63, 3.8) is 0 Å². The van der Waals surface area contributed by atoms with E-state index in [1.807, 2.05) is 16.8 Å². The molecule has 2 aromatic rings. The number of aryl methyl sites for hydroxylation is 1. The van der Waals surface area contributed by atoms with Crippen molar-refractivity contribution >= 4 is 39.6 Å². The van der Waals surface area contributed by atoms with Gasteiger partial charge in [0.25, 0.3) is 5.91 Å². The van der Waals surface area contributed by atoms with Gasteiger partial charge in [-0.2, -0.15) is 11.3 Å². The zero-order valence-electron chi connectivity index (χ0n) is 13.0. The van der Waals surface area contributed by atoms with Gasteiger partial charge in [-0.1, -0.05) is 0 Å². The van der Waals surface area contributed by atoms with Crippen LogP contribution in [0.4, 0.5) is 5.13 Å². The molecule has 0 radical (unpaired) electrons. The SMILES string of the molecule is O=C(CCc1ccsc1)NNC(=O)c1csc(N2CCOCC2)n1. The molecule has 1 saturated heterocycles. The van der Waals surface area contributed by atoms with Gasteiger partial charge >= 0.3 is 0 Å². The highest BCUT2D eigenvalue weighted by Gasteiger charge is 2.17. The van der Waals surface area contributed by atoms with Crippen LogP contribution in [0.15, 0.2) is 22.2 Å². The maximum absolute atomic E-state index is 12.1. The molecule has 0 aromatic carbocycles. The summed E-state index contributed by atoms with van der Waals surface area (Å²) in [4.78, 5) is 30.2. The summed E-state index contributed by atoms with van der Waals surface area (Å²) in [7, 11) is 0. The maximum atomic E-state index is 12.1. The van der Waals surface area contributed by atoms with Gasteiger partial charge in [0.05, 0.1) is 13.2 Å². The number of hydrogen-bond acceptors (Lipinski definition) is 7. The number of aromatic nitrogens is 1. The summed E-state index contributed by atoms with van der Waals surface area (Å²) in [5.41, 5.74) is 6.26. The molecule has 1 aliphatic rings. The molecule has 0 saturated carbocycles. The second-order valence-electron chi connectivity index (χ2n) is 5.25. The lowest BCUT2D eigenvalue weighted by Gasteiger charge is -2.25. The number of hydrazine groups is 1. The monoisotopic (exact) mass is 366 g/mol. The standard InChI is InChI=1S/C15H18N4O3S2/c20-13(2-1-11-3-8-23-9-11)17-18-14(21)12-10-24-15(16-12)19-4-6-22-7-5-19/h3,8-10H,1-2,4-7H2,(H,17,20)(H,18,21). The topological polar surface area (TPSA) is 83.6 Å². The molecule has 3 rings (SSSR count). The lowest BCUT2D eigenvalue weighted by atomic mass is 10.2. The predicted octanol–water partition coefficient (Wildman–Crippen LogP) is 1.44. The van der Waals surface area contributed by atoms with E-state index in [0.29, 0.717) is 31.7 Å². The zero-order valence-corrected chi connectivity index (χ0v) is 14.6. The summed E-state index contributed by atoms with van der Waals surface area (Å²) >= 11 is 3.01. The minimum absolute atomic E-state index is 0.224. The van der Waals surface area contributed by atoms with E-state index in [2.05, 4.69) is 20.7 Å². The van der Waals surface area contributed by atoms with Crippen LogP contribution in [-0.4, -0.2) is 43.1 Å². The third-order valence-corrected chi connectivity index (χ3v) is 5.18. The number of nitrogens with zero attached hydrogens (tertiary/aromatic N) is 2. The molecule has 2 N–H and O–H groups in total. The van der Waals surface area contributed by atoms with Crippen molar-refractivity contribution in [1.29, 1.82) is 0 Å². The van der Waals surface area contributed by atoms with Gasteiger partial charge < -0.3 is 9.64 Å². The van der Waals surface area contributed by atoms with Gasteiger partial charge in [0, 0.05) is 24.9 Å². The van der Waals surface area contributed by atoms with Crippen LogP contribution in [-0.2, 0) is 16.0 Å². The lowest BCUT2D eigenvalue weighted by molar-refractivity contribution is -0.121. The van der Waals surface area contributed by atoms with Crippen LogP contribution < -0.4 is 15.8 Å². The Morgan fingerprint density at radius 3 is 2.83 bits per heavy atom. The Morgan fingerprint density at radius 2 is 2.08 bits per heavy atom. The predicted molar refractivity (Wildman–Crippen MR) is 93.4 cm³/mol. The number of carbonyl (C=O) groups is 2. The third-order valence-electron chi connectivity index (χ3n) is 3.54. The number of rotatable bonds is 5. The van der Waals surface area contributed by atoms with Crippen molar-refractivity contribution in [1.82, 2.24) is 15.8 Å². The molecular weight excluding hydrogens is 348 g/mol. The highest BCUT2D eigenvalue weighted by Crippen LogP contribution is 2.21. The summed E-state index contributed by atoms with van der Waals surface area (Å²) < 4.78 is 5.30. The van der Waals surface area contributed by atoms with E-state index in [0.717, 1.165) is 23.8 Å². The fraction of sp³-hybridized carbons (Fsp3) is 0.400. The molecule has 2 amide bonds. The quantitative estimate of drug-likeness (QED) is 0.783. The van der Waals surface area contributed by atoms with E-state index in [1.165, 1.54) is 11.3 Å². The van der Waals surface area contributed by atoms with Gasteiger partial charge in [-0.15, -0.1) is 11.3 Å². The maximum Gasteiger partial charge on any atom is 0.289 e. The second kappa shape index (κ2) is 8.22. The Balaban J connectivity index is 1.44. The van der Waals surface area contributed by atoms with Gasteiger partial charge in [0.2, 0.25) is 5.91 Å². The Kier molecular flexibility index (Phi) is 5.78.